The monoisotopic (exact) mass is 217 g/mol. The van der Waals surface area contributed by atoms with Crippen molar-refractivity contribution >= 4 is 32.5 Å². The summed E-state index contributed by atoms with van der Waals surface area (Å²) in [5.41, 5.74) is 3.36. The third-order valence-electron chi connectivity index (χ3n) is 2.37. The average Bonchev–Trinajstić information content (AvgIpc) is 2.68. The van der Waals surface area contributed by atoms with Crippen LogP contribution in [-0.4, -0.2) is 14.5 Å². The molecule has 0 aliphatic heterocycles. The molecule has 2 aromatic heterocycles. The highest BCUT2D eigenvalue weighted by molar-refractivity contribution is 7.16. The summed E-state index contributed by atoms with van der Waals surface area (Å²) in [4.78, 5) is 20.2. The van der Waals surface area contributed by atoms with Crippen LogP contribution in [0.5, 0.6) is 0 Å². The highest BCUT2D eigenvalue weighted by Gasteiger charge is 2.05. The average molecular weight is 217 g/mol. The number of thiazole rings is 1. The molecule has 0 saturated heterocycles. The molecule has 0 fully saturated rings. The van der Waals surface area contributed by atoms with Crippen molar-refractivity contribution in [1.29, 1.82) is 0 Å². The molecule has 3 rings (SSSR count). The summed E-state index contributed by atoms with van der Waals surface area (Å²) in [5, 5.41) is 0.650. The summed E-state index contributed by atoms with van der Waals surface area (Å²) in [6.07, 6.45) is 1.53. The molecule has 0 saturated carbocycles. The number of hydrogen-bond donors (Lipinski definition) is 0. The number of aryl methyl sites for hydroxylation is 1. The van der Waals surface area contributed by atoms with Crippen LogP contribution in [0.2, 0.25) is 0 Å². The quantitative estimate of drug-likeness (QED) is 0.574. The highest BCUT2D eigenvalue weighted by Crippen LogP contribution is 2.21. The molecule has 1 aromatic carbocycles. The lowest BCUT2D eigenvalue weighted by molar-refractivity contribution is 0.843. The van der Waals surface area contributed by atoms with E-state index in [1.165, 1.54) is 22.2 Å². The van der Waals surface area contributed by atoms with E-state index in [0.717, 1.165) is 10.2 Å². The maximum Gasteiger partial charge on any atom is 0.260 e. The summed E-state index contributed by atoms with van der Waals surface area (Å²) in [7, 11) is 1.70. The van der Waals surface area contributed by atoms with Crippen molar-refractivity contribution in [1.82, 2.24) is 14.5 Å². The first-order chi connectivity index (χ1) is 7.25. The van der Waals surface area contributed by atoms with Crippen LogP contribution in [0.3, 0.4) is 0 Å². The van der Waals surface area contributed by atoms with E-state index in [1.807, 2.05) is 12.1 Å². The van der Waals surface area contributed by atoms with Gasteiger partial charge in [-0.05, 0) is 12.1 Å². The lowest BCUT2D eigenvalue weighted by Crippen LogP contribution is -2.16. The van der Waals surface area contributed by atoms with Gasteiger partial charge in [-0.2, -0.15) is 0 Å². The number of nitrogens with zero attached hydrogens (tertiary/aromatic N) is 3. The molecule has 0 unspecified atom stereocenters. The minimum absolute atomic E-state index is 0.0182. The van der Waals surface area contributed by atoms with Crippen molar-refractivity contribution < 1.29 is 0 Å². The molecule has 15 heavy (non-hydrogen) atoms. The van der Waals surface area contributed by atoms with Gasteiger partial charge >= 0.3 is 0 Å². The van der Waals surface area contributed by atoms with Gasteiger partial charge in [0.1, 0.15) is 0 Å². The second-order valence-electron chi connectivity index (χ2n) is 3.35. The van der Waals surface area contributed by atoms with E-state index in [9.17, 15) is 4.79 Å². The van der Waals surface area contributed by atoms with Crippen LogP contribution in [0.1, 0.15) is 0 Å². The van der Waals surface area contributed by atoms with Crippen molar-refractivity contribution in [2.24, 2.45) is 7.05 Å². The molecule has 0 spiro atoms. The third-order valence-corrected chi connectivity index (χ3v) is 3.16. The fourth-order valence-corrected chi connectivity index (χ4v) is 2.26. The van der Waals surface area contributed by atoms with Crippen LogP contribution in [-0.2, 0) is 7.05 Å². The van der Waals surface area contributed by atoms with Crippen molar-refractivity contribution in [2.75, 3.05) is 0 Å². The summed E-state index contributed by atoms with van der Waals surface area (Å²) in [6.45, 7) is 0. The molecule has 0 atom stereocenters. The van der Waals surface area contributed by atoms with Crippen molar-refractivity contribution in [2.45, 2.75) is 0 Å². The number of rotatable bonds is 0. The number of fused-ring (bicyclic) bond motifs is 2. The Morgan fingerprint density at radius 3 is 3.00 bits per heavy atom. The molecule has 5 heteroatoms. The van der Waals surface area contributed by atoms with Crippen LogP contribution in [0.15, 0.2) is 28.8 Å². The first-order valence-corrected chi connectivity index (χ1v) is 5.32. The second-order valence-corrected chi connectivity index (χ2v) is 4.24. The van der Waals surface area contributed by atoms with Gasteiger partial charge in [-0.25, -0.2) is 9.97 Å². The van der Waals surface area contributed by atoms with E-state index >= 15 is 0 Å². The Hall–Kier alpha value is -1.75. The molecule has 0 N–H and O–H groups in total. The lowest BCUT2D eigenvalue weighted by atomic mass is 10.2. The van der Waals surface area contributed by atoms with E-state index in [2.05, 4.69) is 9.97 Å². The minimum Gasteiger partial charge on any atom is -0.302 e. The number of aromatic nitrogens is 3. The summed E-state index contributed by atoms with van der Waals surface area (Å²) in [6, 6.07) is 3.71. The number of benzene rings is 1. The zero-order chi connectivity index (χ0) is 10.4. The van der Waals surface area contributed by atoms with E-state index in [-0.39, 0.29) is 5.56 Å². The molecule has 0 bridgehead atoms. The fraction of sp³-hybridized carbons (Fsp3) is 0.100. The van der Waals surface area contributed by atoms with E-state index in [4.69, 9.17) is 0 Å². The first kappa shape index (κ1) is 8.55. The van der Waals surface area contributed by atoms with E-state index < -0.39 is 0 Å². The molecule has 0 radical (unpaired) electrons. The molecule has 3 aromatic rings. The Kier molecular flexibility index (Phi) is 1.63. The van der Waals surface area contributed by atoms with Crippen LogP contribution in [0, 0.1) is 0 Å². The SMILES string of the molecule is Cn1cnc2cc3ncsc3cc2c1=O. The van der Waals surface area contributed by atoms with Gasteiger partial charge in [0.2, 0.25) is 0 Å². The first-order valence-electron chi connectivity index (χ1n) is 4.44. The van der Waals surface area contributed by atoms with Gasteiger partial charge in [0, 0.05) is 7.05 Å². The van der Waals surface area contributed by atoms with Crippen LogP contribution in [0.25, 0.3) is 21.1 Å². The van der Waals surface area contributed by atoms with Crippen LogP contribution < -0.4 is 5.56 Å². The maximum atomic E-state index is 11.8. The Morgan fingerprint density at radius 2 is 2.13 bits per heavy atom. The molecular formula is C10H7N3OS. The Bertz CT molecular complexity index is 713. The zero-order valence-corrected chi connectivity index (χ0v) is 8.78. The van der Waals surface area contributed by atoms with E-state index in [1.54, 1.807) is 12.6 Å². The van der Waals surface area contributed by atoms with Gasteiger partial charge in [-0.1, -0.05) is 0 Å². The summed E-state index contributed by atoms with van der Waals surface area (Å²) < 4.78 is 2.50. The molecule has 0 aliphatic carbocycles. The fourth-order valence-electron chi connectivity index (χ4n) is 1.56. The Balaban J connectivity index is 2.60. The van der Waals surface area contributed by atoms with Gasteiger partial charge in [0.15, 0.2) is 0 Å². The molecule has 0 amide bonds. The molecular weight excluding hydrogens is 210 g/mol. The largest absolute Gasteiger partial charge is 0.302 e. The van der Waals surface area contributed by atoms with Crippen molar-refractivity contribution in [3.63, 3.8) is 0 Å². The topological polar surface area (TPSA) is 47.8 Å². The van der Waals surface area contributed by atoms with Crippen molar-refractivity contribution in [3.8, 4) is 0 Å². The standard InChI is InChI=1S/C10H7N3OS/c1-13-4-11-7-3-8-9(15-5-12-8)2-6(7)10(13)14/h2-5H,1H3. The van der Waals surface area contributed by atoms with E-state index in [0.29, 0.717) is 10.9 Å². The molecule has 0 aliphatic rings. The predicted octanol–water partition coefficient (Wildman–Crippen LogP) is 1.54. The Labute approximate surface area is 88.8 Å². The summed E-state index contributed by atoms with van der Waals surface area (Å²) in [5.74, 6) is 0. The predicted molar refractivity (Wildman–Crippen MR) is 60.2 cm³/mol. The Morgan fingerprint density at radius 1 is 1.27 bits per heavy atom. The third kappa shape index (κ3) is 1.16. The van der Waals surface area contributed by atoms with Gasteiger partial charge in [0.05, 0.1) is 33.0 Å². The zero-order valence-electron chi connectivity index (χ0n) is 7.97. The lowest BCUT2D eigenvalue weighted by Gasteiger charge is -1.99. The van der Waals surface area contributed by atoms with Gasteiger partial charge in [-0.15, -0.1) is 11.3 Å². The minimum atomic E-state index is -0.0182. The maximum absolute atomic E-state index is 11.8. The smallest absolute Gasteiger partial charge is 0.260 e. The van der Waals surface area contributed by atoms with Gasteiger partial charge in [0.25, 0.3) is 5.56 Å². The van der Waals surface area contributed by atoms with Crippen LogP contribution >= 0.6 is 11.3 Å². The molecule has 74 valence electrons. The second kappa shape index (κ2) is 2.87. The molecule has 4 nitrogen and oxygen atoms in total. The van der Waals surface area contributed by atoms with Gasteiger partial charge in [-0.3, -0.25) is 4.79 Å². The highest BCUT2D eigenvalue weighted by atomic mass is 32.1. The molecule has 2 heterocycles. The van der Waals surface area contributed by atoms with Crippen molar-refractivity contribution in [3.05, 3.63) is 34.3 Å². The summed E-state index contributed by atoms with van der Waals surface area (Å²) >= 11 is 1.53. The number of hydrogen-bond acceptors (Lipinski definition) is 4. The van der Waals surface area contributed by atoms with Gasteiger partial charge < -0.3 is 4.57 Å². The van der Waals surface area contributed by atoms with Crippen LogP contribution in [0.4, 0.5) is 0 Å². The normalized spacial score (nSPS) is 11.3.